The molecule has 5 heteroatoms. The van der Waals surface area contributed by atoms with E-state index in [1.807, 2.05) is 6.92 Å². The maximum Gasteiger partial charge on any atom is 0.180 e. The first kappa shape index (κ1) is 12.4. The minimum atomic E-state index is 0.645. The smallest absolute Gasteiger partial charge is 0.180 e. The maximum atomic E-state index is 5.60. The highest BCUT2D eigenvalue weighted by Gasteiger charge is 2.03. The average molecular weight is 229 g/mol. The number of nitrogens with one attached hydrogen (secondary N) is 1. The summed E-state index contributed by atoms with van der Waals surface area (Å²) >= 11 is 1.55. The summed E-state index contributed by atoms with van der Waals surface area (Å²) in [6.45, 7) is 7.40. The fourth-order valence-electron chi connectivity index (χ4n) is 1.21. The number of aryl methyl sites for hydroxylation is 1. The highest BCUT2D eigenvalue weighted by molar-refractivity contribution is 7.15. The normalized spacial score (nSPS) is 10.8. The zero-order valence-corrected chi connectivity index (χ0v) is 10.2. The number of nitrogens with zero attached hydrogens (tertiary/aromatic N) is 1. The molecule has 0 aliphatic rings. The second-order valence-electron chi connectivity index (χ2n) is 3.35. The number of nitrogens with two attached hydrogens (primary N) is 1. The third kappa shape index (κ3) is 4.59. The molecule has 0 fully saturated rings. The van der Waals surface area contributed by atoms with Gasteiger partial charge in [-0.25, -0.2) is 4.98 Å². The predicted molar refractivity (Wildman–Crippen MR) is 64.1 cm³/mol. The van der Waals surface area contributed by atoms with Gasteiger partial charge in [0.15, 0.2) is 5.13 Å². The van der Waals surface area contributed by atoms with Crippen LogP contribution >= 0.6 is 11.3 Å². The van der Waals surface area contributed by atoms with Crippen molar-refractivity contribution in [2.45, 2.75) is 26.8 Å². The molecule has 86 valence electrons. The van der Waals surface area contributed by atoms with Crippen molar-refractivity contribution in [3.63, 3.8) is 0 Å². The fourth-order valence-corrected chi connectivity index (χ4v) is 2.01. The highest BCUT2D eigenvalue weighted by Crippen LogP contribution is 2.18. The van der Waals surface area contributed by atoms with Crippen molar-refractivity contribution in [3.8, 4) is 0 Å². The van der Waals surface area contributed by atoms with Crippen LogP contribution in [0.1, 0.15) is 23.9 Å². The van der Waals surface area contributed by atoms with Gasteiger partial charge >= 0.3 is 0 Å². The molecule has 0 saturated heterocycles. The molecular formula is C10H19N3OS. The van der Waals surface area contributed by atoms with Crippen LogP contribution in [0.25, 0.3) is 0 Å². The Morgan fingerprint density at radius 1 is 1.47 bits per heavy atom. The van der Waals surface area contributed by atoms with Gasteiger partial charge in [0.2, 0.25) is 0 Å². The van der Waals surface area contributed by atoms with Gasteiger partial charge in [0.05, 0.1) is 12.3 Å². The Hall–Kier alpha value is -0.650. The summed E-state index contributed by atoms with van der Waals surface area (Å²) < 4.78 is 5.36. The second kappa shape index (κ2) is 6.76. The van der Waals surface area contributed by atoms with Crippen LogP contribution in [-0.2, 0) is 11.3 Å². The number of aromatic nitrogens is 1. The molecule has 3 N–H and O–H groups in total. The molecule has 0 bridgehead atoms. The lowest BCUT2D eigenvalue weighted by Crippen LogP contribution is -2.19. The summed E-state index contributed by atoms with van der Waals surface area (Å²) in [7, 11) is 0. The molecule has 0 unspecified atom stereocenters. The number of nitrogen functional groups attached to an aromatic ring is 1. The summed E-state index contributed by atoms with van der Waals surface area (Å²) in [5.41, 5.74) is 6.63. The molecule has 4 nitrogen and oxygen atoms in total. The molecule has 0 aliphatic heterocycles. The molecule has 1 heterocycles. The van der Waals surface area contributed by atoms with Crippen molar-refractivity contribution >= 4 is 16.5 Å². The molecule has 0 atom stereocenters. The third-order valence-corrected chi connectivity index (χ3v) is 2.95. The fraction of sp³-hybridized carbons (Fsp3) is 0.700. The Labute approximate surface area is 94.8 Å². The van der Waals surface area contributed by atoms with Crippen LogP contribution in [0.4, 0.5) is 5.13 Å². The Morgan fingerprint density at radius 3 is 2.87 bits per heavy atom. The largest absolute Gasteiger partial charge is 0.380 e. The van der Waals surface area contributed by atoms with Gasteiger partial charge in [0.1, 0.15) is 0 Å². The third-order valence-electron chi connectivity index (χ3n) is 1.97. The first-order chi connectivity index (χ1) is 7.24. The Kier molecular flexibility index (Phi) is 5.60. The zero-order valence-electron chi connectivity index (χ0n) is 9.38. The van der Waals surface area contributed by atoms with Gasteiger partial charge in [-0.15, -0.1) is 11.3 Å². The number of anilines is 1. The monoisotopic (exact) mass is 229 g/mol. The number of thiazole rings is 1. The lowest BCUT2D eigenvalue weighted by molar-refractivity contribution is 0.136. The molecule has 0 aromatic carbocycles. The van der Waals surface area contributed by atoms with Crippen LogP contribution in [0.15, 0.2) is 0 Å². The lowest BCUT2D eigenvalue weighted by atomic mass is 10.4. The van der Waals surface area contributed by atoms with Crippen LogP contribution < -0.4 is 11.1 Å². The molecule has 0 amide bonds. The van der Waals surface area contributed by atoms with E-state index in [1.54, 1.807) is 11.3 Å². The minimum Gasteiger partial charge on any atom is -0.380 e. The molecule has 0 aliphatic carbocycles. The molecule has 1 aromatic heterocycles. The van der Waals surface area contributed by atoms with E-state index in [0.29, 0.717) is 5.13 Å². The van der Waals surface area contributed by atoms with Crippen LogP contribution in [0.5, 0.6) is 0 Å². The summed E-state index contributed by atoms with van der Waals surface area (Å²) in [6, 6.07) is 0. The lowest BCUT2D eigenvalue weighted by Gasteiger charge is -2.04. The number of rotatable bonds is 7. The van der Waals surface area contributed by atoms with E-state index in [2.05, 4.69) is 17.2 Å². The molecular weight excluding hydrogens is 210 g/mol. The van der Waals surface area contributed by atoms with E-state index in [-0.39, 0.29) is 0 Å². The van der Waals surface area contributed by atoms with E-state index in [9.17, 15) is 0 Å². The van der Waals surface area contributed by atoms with Crippen molar-refractivity contribution in [3.05, 3.63) is 10.6 Å². The maximum absolute atomic E-state index is 5.60. The molecule has 0 spiro atoms. The second-order valence-corrected chi connectivity index (χ2v) is 4.47. The topological polar surface area (TPSA) is 60.2 Å². The van der Waals surface area contributed by atoms with Gasteiger partial charge in [-0.05, 0) is 13.3 Å². The van der Waals surface area contributed by atoms with Crippen LogP contribution in [-0.4, -0.2) is 24.7 Å². The summed E-state index contributed by atoms with van der Waals surface area (Å²) in [4.78, 5) is 5.38. The van der Waals surface area contributed by atoms with Crippen molar-refractivity contribution in [2.75, 3.05) is 25.5 Å². The molecule has 1 rings (SSSR count). The van der Waals surface area contributed by atoms with E-state index in [1.165, 1.54) is 4.88 Å². The van der Waals surface area contributed by atoms with Crippen molar-refractivity contribution in [2.24, 2.45) is 0 Å². The van der Waals surface area contributed by atoms with Gasteiger partial charge in [0.25, 0.3) is 0 Å². The quantitative estimate of drug-likeness (QED) is 0.696. The molecule has 1 aromatic rings. The van der Waals surface area contributed by atoms with Crippen LogP contribution in [0.3, 0.4) is 0 Å². The van der Waals surface area contributed by atoms with Gasteiger partial charge < -0.3 is 15.8 Å². The number of ether oxygens (including phenoxy) is 1. The highest BCUT2D eigenvalue weighted by atomic mass is 32.1. The average Bonchev–Trinajstić information content (AvgIpc) is 2.51. The molecule has 15 heavy (non-hydrogen) atoms. The summed E-state index contributed by atoms with van der Waals surface area (Å²) in [5.74, 6) is 0. The van der Waals surface area contributed by atoms with Crippen LogP contribution in [0, 0.1) is 6.92 Å². The number of hydrogen-bond acceptors (Lipinski definition) is 5. The predicted octanol–water partition coefficient (Wildman–Crippen LogP) is 1.55. The van der Waals surface area contributed by atoms with E-state index in [4.69, 9.17) is 10.5 Å². The summed E-state index contributed by atoms with van der Waals surface area (Å²) in [6.07, 6.45) is 1.07. The van der Waals surface area contributed by atoms with E-state index < -0.39 is 0 Å². The zero-order chi connectivity index (χ0) is 11.1. The van der Waals surface area contributed by atoms with Crippen molar-refractivity contribution in [1.29, 1.82) is 0 Å². The summed E-state index contributed by atoms with van der Waals surface area (Å²) in [5, 5.41) is 3.95. The number of hydrogen-bond donors (Lipinski definition) is 2. The Bertz CT molecular complexity index is 288. The van der Waals surface area contributed by atoms with Crippen molar-refractivity contribution < 1.29 is 4.74 Å². The Morgan fingerprint density at radius 2 is 2.27 bits per heavy atom. The van der Waals surface area contributed by atoms with Crippen molar-refractivity contribution in [1.82, 2.24) is 10.3 Å². The van der Waals surface area contributed by atoms with Crippen LogP contribution in [0.2, 0.25) is 0 Å². The van der Waals surface area contributed by atoms with E-state index >= 15 is 0 Å². The Balaban J connectivity index is 2.12. The van der Waals surface area contributed by atoms with E-state index in [0.717, 1.165) is 38.4 Å². The first-order valence-electron chi connectivity index (χ1n) is 5.24. The SMILES string of the molecule is CCCOCCNCc1sc(N)nc1C. The minimum absolute atomic E-state index is 0.645. The first-order valence-corrected chi connectivity index (χ1v) is 6.06. The van der Waals surface area contributed by atoms with Gasteiger partial charge in [-0.3, -0.25) is 0 Å². The molecule has 0 radical (unpaired) electrons. The van der Waals surface area contributed by atoms with Gasteiger partial charge in [-0.1, -0.05) is 6.92 Å². The van der Waals surface area contributed by atoms with Gasteiger partial charge in [0, 0.05) is 24.6 Å². The van der Waals surface area contributed by atoms with Gasteiger partial charge in [-0.2, -0.15) is 0 Å². The standard InChI is InChI=1S/C10H19N3OS/c1-3-5-14-6-4-12-7-9-8(2)13-10(11)15-9/h12H,3-7H2,1-2H3,(H2,11,13). The molecule has 0 saturated carbocycles.